The number of methoxy groups -OCH3 is 1. The summed E-state index contributed by atoms with van der Waals surface area (Å²) in [6.07, 6.45) is 0. The molecule has 0 bridgehead atoms. The van der Waals surface area contributed by atoms with Crippen LogP contribution < -0.4 is 4.72 Å². The van der Waals surface area contributed by atoms with Crippen LogP contribution in [0.1, 0.15) is 15.9 Å². The molecule has 30 heavy (non-hydrogen) atoms. The summed E-state index contributed by atoms with van der Waals surface area (Å²) in [6.45, 7) is 1.72. The van der Waals surface area contributed by atoms with Crippen LogP contribution in [0.15, 0.2) is 71.6 Å². The summed E-state index contributed by atoms with van der Waals surface area (Å²) in [5.41, 5.74) is 3.08. The van der Waals surface area contributed by atoms with Crippen molar-refractivity contribution in [2.45, 2.75) is 11.8 Å². The molecule has 6 nitrogen and oxygen atoms in total. The second-order valence-corrected chi connectivity index (χ2v) is 9.35. The first-order valence-corrected chi connectivity index (χ1v) is 11.3. The van der Waals surface area contributed by atoms with E-state index in [1.54, 1.807) is 31.2 Å². The van der Waals surface area contributed by atoms with E-state index in [0.29, 0.717) is 11.3 Å². The fourth-order valence-corrected chi connectivity index (χ4v) is 5.09. The number of aryl methyl sites for hydroxylation is 1. The van der Waals surface area contributed by atoms with E-state index in [-0.39, 0.29) is 10.5 Å². The second kappa shape index (κ2) is 7.89. The topological polar surface area (TPSA) is 85.4 Å². The number of hydrogen-bond donors (Lipinski definition) is 1. The van der Waals surface area contributed by atoms with E-state index in [1.165, 1.54) is 30.6 Å². The molecule has 0 atom stereocenters. The highest BCUT2D eigenvalue weighted by atomic mass is 32.2. The van der Waals surface area contributed by atoms with Crippen molar-refractivity contribution in [3.8, 4) is 10.6 Å². The van der Waals surface area contributed by atoms with Crippen LogP contribution in [0.25, 0.3) is 20.8 Å². The lowest BCUT2D eigenvalue weighted by Crippen LogP contribution is -2.14. The number of nitrogens with one attached hydrogen (secondary N) is 1. The SMILES string of the molecule is COC(=O)c1cc(S(=O)(=O)Nc2ccc3nc(-c4ccccc4)sc3c2)ccc1C. The zero-order chi connectivity index (χ0) is 21.3. The molecule has 0 amide bonds. The molecule has 0 unspecified atom stereocenters. The summed E-state index contributed by atoms with van der Waals surface area (Å²) in [6, 6.07) is 19.4. The van der Waals surface area contributed by atoms with Gasteiger partial charge >= 0.3 is 5.97 Å². The Labute approximate surface area is 178 Å². The van der Waals surface area contributed by atoms with Crippen molar-refractivity contribution in [2.24, 2.45) is 0 Å². The number of hydrogen-bond acceptors (Lipinski definition) is 6. The van der Waals surface area contributed by atoms with E-state index in [1.807, 2.05) is 30.3 Å². The molecule has 1 aromatic heterocycles. The molecule has 0 saturated heterocycles. The van der Waals surface area contributed by atoms with Crippen LogP contribution in [-0.2, 0) is 14.8 Å². The molecule has 0 radical (unpaired) electrons. The number of carbonyl (C=O) groups is 1. The molecular weight excluding hydrogens is 420 g/mol. The average molecular weight is 439 g/mol. The standard InChI is InChI=1S/C22H18N2O4S2/c1-14-8-10-17(13-18(14)22(25)28-2)30(26,27)24-16-9-11-19-20(12-16)29-21(23-19)15-6-4-3-5-7-15/h3-13,24H,1-2H3. The highest BCUT2D eigenvalue weighted by Crippen LogP contribution is 2.32. The molecule has 152 valence electrons. The third kappa shape index (κ3) is 3.92. The third-order valence-corrected chi connectivity index (χ3v) is 7.03. The van der Waals surface area contributed by atoms with E-state index in [4.69, 9.17) is 4.74 Å². The van der Waals surface area contributed by atoms with Gasteiger partial charge in [0.1, 0.15) is 5.01 Å². The maximum absolute atomic E-state index is 12.9. The minimum atomic E-state index is -3.88. The summed E-state index contributed by atoms with van der Waals surface area (Å²) < 4.78 is 33.9. The lowest BCUT2D eigenvalue weighted by Gasteiger charge is -2.10. The Bertz CT molecular complexity index is 1350. The number of fused-ring (bicyclic) bond motifs is 1. The van der Waals surface area contributed by atoms with Crippen LogP contribution >= 0.6 is 11.3 Å². The molecule has 3 aromatic carbocycles. The Kier molecular flexibility index (Phi) is 5.27. The van der Waals surface area contributed by atoms with E-state index < -0.39 is 16.0 Å². The van der Waals surface area contributed by atoms with Crippen LogP contribution in [0.5, 0.6) is 0 Å². The Hall–Kier alpha value is -3.23. The molecule has 0 aliphatic rings. The number of carbonyl (C=O) groups excluding carboxylic acids is 1. The summed E-state index contributed by atoms with van der Waals surface area (Å²) in [7, 11) is -2.62. The van der Waals surface area contributed by atoms with Gasteiger partial charge in [0.05, 0.1) is 33.5 Å². The van der Waals surface area contributed by atoms with Crippen LogP contribution in [0, 0.1) is 6.92 Å². The number of rotatable bonds is 5. The van der Waals surface area contributed by atoms with Crippen molar-refractivity contribution >= 4 is 43.2 Å². The fraction of sp³-hybridized carbons (Fsp3) is 0.0909. The van der Waals surface area contributed by atoms with E-state index in [9.17, 15) is 13.2 Å². The number of benzene rings is 3. The first kappa shape index (κ1) is 20.1. The minimum absolute atomic E-state index is 0.0112. The molecule has 1 N–H and O–H groups in total. The number of nitrogens with zero attached hydrogens (tertiary/aromatic N) is 1. The number of esters is 1. The predicted octanol–water partition coefficient (Wildman–Crippen LogP) is 4.86. The Balaban J connectivity index is 1.65. The van der Waals surface area contributed by atoms with Crippen molar-refractivity contribution in [3.63, 3.8) is 0 Å². The van der Waals surface area contributed by atoms with Gasteiger partial charge in [-0.25, -0.2) is 18.2 Å². The van der Waals surface area contributed by atoms with Crippen LogP contribution in [0.3, 0.4) is 0 Å². The number of anilines is 1. The van der Waals surface area contributed by atoms with Gasteiger partial charge < -0.3 is 4.74 Å². The monoisotopic (exact) mass is 438 g/mol. The number of ether oxygens (including phenoxy) is 1. The van der Waals surface area contributed by atoms with Crippen molar-refractivity contribution in [3.05, 3.63) is 77.9 Å². The molecule has 4 aromatic rings. The zero-order valence-corrected chi connectivity index (χ0v) is 17.9. The Morgan fingerprint density at radius 2 is 1.80 bits per heavy atom. The molecule has 1 heterocycles. The van der Waals surface area contributed by atoms with Gasteiger partial charge in [0, 0.05) is 5.56 Å². The van der Waals surface area contributed by atoms with Gasteiger partial charge in [0.25, 0.3) is 10.0 Å². The summed E-state index contributed by atoms with van der Waals surface area (Å²) >= 11 is 1.49. The van der Waals surface area contributed by atoms with Crippen molar-refractivity contribution in [1.82, 2.24) is 4.98 Å². The predicted molar refractivity (Wildman–Crippen MR) is 118 cm³/mol. The van der Waals surface area contributed by atoms with Crippen molar-refractivity contribution in [2.75, 3.05) is 11.8 Å². The van der Waals surface area contributed by atoms with E-state index >= 15 is 0 Å². The first-order chi connectivity index (χ1) is 14.4. The normalized spacial score (nSPS) is 11.4. The summed E-state index contributed by atoms with van der Waals surface area (Å²) in [5.74, 6) is -0.580. The number of sulfonamides is 1. The smallest absolute Gasteiger partial charge is 0.338 e. The molecule has 0 saturated carbocycles. The maximum atomic E-state index is 12.9. The van der Waals surface area contributed by atoms with Crippen LogP contribution in [0.4, 0.5) is 5.69 Å². The average Bonchev–Trinajstić information content (AvgIpc) is 3.17. The molecule has 0 aliphatic heterocycles. The number of thiazole rings is 1. The highest BCUT2D eigenvalue weighted by Gasteiger charge is 2.19. The lowest BCUT2D eigenvalue weighted by molar-refractivity contribution is 0.0599. The quantitative estimate of drug-likeness (QED) is 0.450. The Morgan fingerprint density at radius 3 is 2.53 bits per heavy atom. The van der Waals surface area contributed by atoms with Crippen molar-refractivity contribution < 1.29 is 17.9 Å². The zero-order valence-electron chi connectivity index (χ0n) is 16.2. The molecule has 0 spiro atoms. The van der Waals surface area contributed by atoms with E-state index in [2.05, 4.69) is 9.71 Å². The van der Waals surface area contributed by atoms with Gasteiger partial charge in [0.2, 0.25) is 0 Å². The Morgan fingerprint density at radius 1 is 1.03 bits per heavy atom. The number of aromatic nitrogens is 1. The van der Waals surface area contributed by atoms with Gasteiger partial charge in [-0.2, -0.15) is 0 Å². The molecular formula is C22H18N2O4S2. The van der Waals surface area contributed by atoms with Gasteiger partial charge in [-0.05, 0) is 42.8 Å². The lowest BCUT2D eigenvalue weighted by atomic mass is 10.1. The van der Waals surface area contributed by atoms with Crippen molar-refractivity contribution in [1.29, 1.82) is 0 Å². The molecule has 8 heteroatoms. The fourth-order valence-electron chi connectivity index (χ4n) is 3.00. The summed E-state index contributed by atoms with van der Waals surface area (Å²) in [4.78, 5) is 16.5. The minimum Gasteiger partial charge on any atom is -0.465 e. The second-order valence-electron chi connectivity index (χ2n) is 6.64. The van der Waals surface area contributed by atoms with Gasteiger partial charge in [0.15, 0.2) is 0 Å². The third-order valence-electron chi connectivity index (χ3n) is 4.59. The highest BCUT2D eigenvalue weighted by molar-refractivity contribution is 7.92. The first-order valence-electron chi connectivity index (χ1n) is 9.05. The van der Waals surface area contributed by atoms with Crippen LogP contribution in [0.2, 0.25) is 0 Å². The molecule has 0 fully saturated rings. The van der Waals surface area contributed by atoms with Crippen LogP contribution in [-0.4, -0.2) is 26.5 Å². The van der Waals surface area contributed by atoms with E-state index in [0.717, 1.165) is 20.8 Å². The summed E-state index contributed by atoms with van der Waals surface area (Å²) in [5, 5.41) is 0.867. The van der Waals surface area contributed by atoms with Gasteiger partial charge in [-0.1, -0.05) is 36.4 Å². The molecule has 4 rings (SSSR count). The van der Waals surface area contributed by atoms with Gasteiger partial charge in [-0.3, -0.25) is 4.72 Å². The molecule has 0 aliphatic carbocycles. The van der Waals surface area contributed by atoms with Gasteiger partial charge in [-0.15, -0.1) is 11.3 Å². The maximum Gasteiger partial charge on any atom is 0.338 e. The largest absolute Gasteiger partial charge is 0.465 e.